The number of hydrogen-bond acceptors (Lipinski definition) is 1. The zero-order valence-corrected chi connectivity index (χ0v) is 10.2. The molecule has 1 rings (SSSR count). The largest absolute Gasteiger partial charge is 0.340 e. The molecule has 14 heavy (non-hydrogen) atoms. The van der Waals surface area contributed by atoms with E-state index < -0.39 is 0 Å². The molecule has 1 aromatic rings. The van der Waals surface area contributed by atoms with Crippen LogP contribution in [0.2, 0.25) is 0 Å². The molecule has 0 heterocycles. The van der Waals surface area contributed by atoms with E-state index in [9.17, 15) is 4.79 Å². The van der Waals surface area contributed by atoms with Gasteiger partial charge >= 0.3 is 0 Å². The van der Waals surface area contributed by atoms with Crippen LogP contribution in [0.4, 0.5) is 0 Å². The first-order valence-electron chi connectivity index (χ1n) is 4.18. The van der Waals surface area contributed by atoms with Crippen molar-refractivity contribution >= 4 is 33.4 Å². The number of alkyl halides is 1. The van der Waals surface area contributed by atoms with Gasteiger partial charge in [-0.1, -0.05) is 28.1 Å². The monoisotopic (exact) mass is 275 g/mol. The lowest BCUT2D eigenvalue weighted by Gasteiger charge is -2.15. The highest BCUT2D eigenvalue weighted by molar-refractivity contribution is 9.10. The molecule has 0 saturated heterocycles. The number of halogens is 2. The van der Waals surface area contributed by atoms with Crippen LogP contribution in [-0.2, 0) is 11.3 Å². The highest BCUT2D eigenvalue weighted by Gasteiger charge is 2.06. The molecule has 0 unspecified atom stereocenters. The van der Waals surface area contributed by atoms with Crippen LogP contribution < -0.4 is 0 Å². The summed E-state index contributed by atoms with van der Waals surface area (Å²) in [5.41, 5.74) is 1.09. The van der Waals surface area contributed by atoms with Gasteiger partial charge in [0.25, 0.3) is 0 Å². The Labute approximate surface area is 97.0 Å². The minimum atomic E-state index is -0.0606. The van der Waals surface area contributed by atoms with Gasteiger partial charge in [0.2, 0.25) is 5.91 Å². The Morgan fingerprint density at radius 1 is 1.43 bits per heavy atom. The minimum Gasteiger partial charge on any atom is -0.340 e. The molecule has 4 heteroatoms. The van der Waals surface area contributed by atoms with Crippen LogP contribution in [0.1, 0.15) is 5.56 Å². The number of amides is 1. The predicted octanol–water partition coefficient (Wildman–Crippen LogP) is 2.65. The number of carbonyl (C=O) groups is 1. The van der Waals surface area contributed by atoms with Gasteiger partial charge in [-0.15, -0.1) is 11.6 Å². The molecule has 0 fully saturated rings. The summed E-state index contributed by atoms with van der Waals surface area (Å²) >= 11 is 8.79. The van der Waals surface area contributed by atoms with Crippen molar-refractivity contribution in [2.24, 2.45) is 0 Å². The molecule has 2 nitrogen and oxygen atoms in total. The molecule has 0 N–H and O–H groups in total. The lowest BCUT2D eigenvalue weighted by Crippen LogP contribution is -2.26. The van der Waals surface area contributed by atoms with Gasteiger partial charge in [0, 0.05) is 18.1 Å². The van der Waals surface area contributed by atoms with E-state index in [1.54, 1.807) is 11.9 Å². The van der Waals surface area contributed by atoms with Crippen molar-refractivity contribution < 1.29 is 4.79 Å². The van der Waals surface area contributed by atoms with E-state index in [4.69, 9.17) is 11.6 Å². The Bertz CT molecular complexity index is 312. The maximum atomic E-state index is 11.2. The molecule has 0 aliphatic rings. The van der Waals surface area contributed by atoms with Gasteiger partial charge in [-0.3, -0.25) is 4.79 Å². The summed E-state index contributed by atoms with van der Waals surface area (Å²) in [5.74, 6) is -0.0258. The second kappa shape index (κ2) is 5.37. The summed E-state index contributed by atoms with van der Waals surface area (Å²) in [6.07, 6.45) is 0. The van der Waals surface area contributed by atoms with E-state index >= 15 is 0 Å². The molecule has 1 aromatic carbocycles. The van der Waals surface area contributed by atoms with Gasteiger partial charge in [-0.05, 0) is 17.7 Å². The molecule has 0 aromatic heterocycles. The van der Waals surface area contributed by atoms with Crippen LogP contribution in [0.3, 0.4) is 0 Å². The van der Waals surface area contributed by atoms with E-state index in [0.29, 0.717) is 6.54 Å². The third kappa shape index (κ3) is 3.31. The van der Waals surface area contributed by atoms with Crippen molar-refractivity contribution in [3.63, 3.8) is 0 Å². The van der Waals surface area contributed by atoms with Crippen LogP contribution in [0, 0.1) is 0 Å². The van der Waals surface area contributed by atoms with Gasteiger partial charge in [-0.25, -0.2) is 0 Å². The molecule has 0 aliphatic heterocycles. The highest BCUT2D eigenvalue weighted by Crippen LogP contribution is 2.11. The van der Waals surface area contributed by atoms with Crippen LogP contribution >= 0.6 is 27.5 Å². The number of hydrogen-bond donors (Lipinski definition) is 0. The zero-order valence-electron chi connectivity index (χ0n) is 7.84. The molecule has 0 spiro atoms. The smallest absolute Gasteiger partial charge is 0.237 e. The average molecular weight is 277 g/mol. The molecule has 76 valence electrons. The van der Waals surface area contributed by atoms with Crippen LogP contribution in [0.5, 0.6) is 0 Å². The molecule has 0 saturated carbocycles. The van der Waals surface area contributed by atoms with Crippen molar-refractivity contribution in [2.45, 2.75) is 6.54 Å². The van der Waals surface area contributed by atoms with E-state index in [1.807, 2.05) is 24.3 Å². The van der Waals surface area contributed by atoms with Crippen LogP contribution in [-0.4, -0.2) is 23.7 Å². The van der Waals surface area contributed by atoms with Crippen LogP contribution in [0.25, 0.3) is 0 Å². The second-order valence-electron chi connectivity index (χ2n) is 3.01. The Morgan fingerprint density at radius 2 is 2.00 bits per heavy atom. The molecule has 0 aliphatic carbocycles. The molecular formula is C10H11BrClNO. The van der Waals surface area contributed by atoms with Crippen LogP contribution in [0.15, 0.2) is 28.7 Å². The first-order valence-corrected chi connectivity index (χ1v) is 5.50. The number of benzene rings is 1. The summed E-state index contributed by atoms with van der Waals surface area (Å²) in [7, 11) is 1.74. The summed E-state index contributed by atoms with van der Waals surface area (Å²) in [5, 5.41) is 0. The lowest BCUT2D eigenvalue weighted by molar-refractivity contribution is -0.127. The van der Waals surface area contributed by atoms with Gasteiger partial charge in [0.1, 0.15) is 5.88 Å². The average Bonchev–Trinajstić information content (AvgIpc) is 2.20. The summed E-state index contributed by atoms with van der Waals surface area (Å²) < 4.78 is 1.03. The second-order valence-corrected chi connectivity index (χ2v) is 4.19. The van der Waals surface area contributed by atoms with Crippen molar-refractivity contribution in [3.05, 3.63) is 34.3 Å². The maximum absolute atomic E-state index is 11.2. The van der Waals surface area contributed by atoms with Gasteiger partial charge in [0.15, 0.2) is 0 Å². The summed E-state index contributed by atoms with van der Waals surface area (Å²) in [6, 6.07) is 7.85. The lowest BCUT2D eigenvalue weighted by atomic mass is 10.2. The standard InChI is InChI=1S/C10H11BrClNO/c1-13(10(14)6-12)7-8-2-4-9(11)5-3-8/h2-5H,6-7H2,1H3. The fraction of sp³-hybridized carbons (Fsp3) is 0.300. The zero-order chi connectivity index (χ0) is 10.6. The van der Waals surface area contributed by atoms with E-state index in [-0.39, 0.29) is 11.8 Å². The Hall–Kier alpha value is -0.540. The number of rotatable bonds is 3. The third-order valence-corrected chi connectivity index (χ3v) is 2.63. The van der Waals surface area contributed by atoms with E-state index in [1.165, 1.54) is 0 Å². The third-order valence-electron chi connectivity index (χ3n) is 1.87. The fourth-order valence-electron chi connectivity index (χ4n) is 1.05. The molecule has 0 bridgehead atoms. The Balaban J connectivity index is 2.60. The molecule has 0 radical (unpaired) electrons. The topological polar surface area (TPSA) is 20.3 Å². The molecule has 1 amide bonds. The Kier molecular flexibility index (Phi) is 4.42. The minimum absolute atomic E-state index is 0.0348. The SMILES string of the molecule is CN(Cc1ccc(Br)cc1)C(=O)CCl. The van der Waals surface area contributed by atoms with Crippen molar-refractivity contribution in [1.29, 1.82) is 0 Å². The Morgan fingerprint density at radius 3 is 2.50 bits per heavy atom. The predicted molar refractivity (Wildman–Crippen MR) is 61.3 cm³/mol. The fourth-order valence-corrected chi connectivity index (χ4v) is 1.52. The first kappa shape index (κ1) is 11.5. The highest BCUT2D eigenvalue weighted by atomic mass is 79.9. The van der Waals surface area contributed by atoms with Crippen molar-refractivity contribution in [1.82, 2.24) is 4.90 Å². The van der Waals surface area contributed by atoms with Crippen molar-refractivity contribution in [3.8, 4) is 0 Å². The van der Waals surface area contributed by atoms with Gasteiger partial charge in [-0.2, -0.15) is 0 Å². The number of carbonyl (C=O) groups excluding carboxylic acids is 1. The van der Waals surface area contributed by atoms with Crippen molar-refractivity contribution in [2.75, 3.05) is 12.9 Å². The maximum Gasteiger partial charge on any atom is 0.237 e. The van der Waals surface area contributed by atoms with Gasteiger partial charge in [0.05, 0.1) is 0 Å². The van der Waals surface area contributed by atoms with E-state index in [2.05, 4.69) is 15.9 Å². The summed E-state index contributed by atoms with van der Waals surface area (Å²) in [4.78, 5) is 12.8. The number of nitrogens with zero attached hydrogens (tertiary/aromatic N) is 1. The molecular weight excluding hydrogens is 265 g/mol. The first-order chi connectivity index (χ1) is 6.63. The van der Waals surface area contributed by atoms with Gasteiger partial charge < -0.3 is 4.90 Å². The summed E-state index contributed by atoms with van der Waals surface area (Å²) in [6.45, 7) is 0.596. The normalized spacial score (nSPS) is 9.93. The quantitative estimate of drug-likeness (QED) is 0.777. The molecule has 0 atom stereocenters. The van der Waals surface area contributed by atoms with E-state index in [0.717, 1.165) is 10.0 Å².